The summed E-state index contributed by atoms with van der Waals surface area (Å²) in [6.07, 6.45) is 5.49. The zero-order chi connectivity index (χ0) is 17.2. The zero-order valence-corrected chi connectivity index (χ0v) is 14.4. The minimum atomic E-state index is -0.164. The average molecular weight is 342 g/mol. The molecule has 1 fully saturated rings. The third-order valence-corrected chi connectivity index (χ3v) is 4.40. The number of nitrogens with one attached hydrogen (secondary N) is 2. The Morgan fingerprint density at radius 2 is 2.32 bits per heavy atom. The van der Waals surface area contributed by atoms with Crippen LogP contribution in [-0.2, 0) is 17.8 Å². The number of aryl methyl sites for hydroxylation is 1. The smallest absolute Gasteiger partial charge is 0.183 e. The number of fused-ring (bicyclic) bond motifs is 1. The van der Waals surface area contributed by atoms with Crippen LogP contribution >= 0.6 is 0 Å². The lowest BCUT2D eigenvalue weighted by atomic mass is 10.2. The first-order chi connectivity index (χ1) is 12.3. The highest BCUT2D eigenvalue weighted by Crippen LogP contribution is 2.24. The molecule has 25 heavy (non-hydrogen) atoms. The fourth-order valence-corrected chi connectivity index (χ4v) is 3.10. The summed E-state index contributed by atoms with van der Waals surface area (Å²) in [6.45, 7) is 6.11. The first kappa shape index (κ1) is 16.0. The molecule has 2 N–H and O–H groups in total. The molecule has 0 spiro atoms. The fraction of sp³-hybridized carbons (Fsp3) is 0.500. The second-order valence-corrected chi connectivity index (χ2v) is 6.08. The van der Waals surface area contributed by atoms with E-state index in [-0.39, 0.29) is 6.10 Å². The van der Waals surface area contributed by atoms with E-state index in [1.54, 1.807) is 6.33 Å². The zero-order valence-electron chi connectivity index (χ0n) is 14.4. The maximum atomic E-state index is 5.93. The summed E-state index contributed by atoms with van der Waals surface area (Å²) in [5.41, 5.74) is 2.67. The summed E-state index contributed by atoms with van der Waals surface area (Å²) in [7, 11) is 1.84. The van der Waals surface area contributed by atoms with Crippen molar-refractivity contribution in [3.63, 3.8) is 0 Å². The van der Waals surface area contributed by atoms with Crippen molar-refractivity contribution < 1.29 is 4.74 Å². The summed E-state index contributed by atoms with van der Waals surface area (Å²) < 4.78 is 7.88. The largest absolute Gasteiger partial charge is 0.371 e. The molecule has 9 nitrogen and oxygen atoms in total. The van der Waals surface area contributed by atoms with E-state index in [9.17, 15) is 0 Å². The van der Waals surface area contributed by atoms with E-state index in [1.165, 1.54) is 5.56 Å². The molecule has 0 saturated carbocycles. The predicted molar refractivity (Wildman–Crippen MR) is 93.1 cm³/mol. The Morgan fingerprint density at radius 1 is 1.40 bits per heavy atom. The van der Waals surface area contributed by atoms with Gasteiger partial charge in [0.2, 0.25) is 0 Å². The maximum absolute atomic E-state index is 5.93. The van der Waals surface area contributed by atoms with Gasteiger partial charge in [0.15, 0.2) is 17.3 Å². The lowest BCUT2D eigenvalue weighted by Crippen LogP contribution is -2.38. The summed E-state index contributed by atoms with van der Waals surface area (Å²) in [4.78, 5) is 18.8. The Balaban J connectivity index is 1.52. The third-order valence-electron chi connectivity index (χ3n) is 4.40. The predicted octanol–water partition coefficient (Wildman–Crippen LogP) is 1.18. The number of H-pyrrole nitrogens is 1. The van der Waals surface area contributed by atoms with Crippen molar-refractivity contribution in [3.05, 3.63) is 30.1 Å². The van der Waals surface area contributed by atoms with Gasteiger partial charge in [-0.3, -0.25) is 9.58 Å². The van der Waals surface area contributed by atoms with Crippen molar-refractivity contribution in [3.8, 4) is 0 Å². The van der Waals surface area contributed by atoms with Crippen molar-refractivity contribution >= 4 is 17.0 Å². The van der Waals surface area contributed by atoms with Gasteiger partial charge < -0.3 is 15.0 Å². The molecule has 0 aliphatic carbocycles. The Bertz CT molecular complexity index is 857. The number of ether oxygens (including phenoxy) is 1. The molecule has 3 aromatic heterocycles. The molecule has 0 bridgehead atoms. The molecular weight excluding hydrogens is 320 g/mol. The van der Waals surface area contributed by atoms with Crippen LogP contribution in [0.3, 0.4) is 0 Å². The number of anilines is 1. The second kappa shape index (κ2) is 6.77. The van der Waals surface area contributed by atoms with E-state index in [0.29, 0.717) is 18.1 Å². The van der Waals surface area contributed by atoms with E-state index in [1.807, 2.05) is 17.9 Å². The number of aromatic amines is 1. The normalized spacial score (nSPS) is 18.7. The Kier molecular flexibility index (Phi) is 4.33. The standard InChI is InChI=1S/C16H22N8O/c1-3-24-8-11(6-20-24)7-23-4-5-25-12(9-23)14-21-15(17-2)13-16(22-14)19-10-18-13/h6,8,10,12H,3-5,7,9H2,1-2H3,(H2,17,18,19,21,22). The first-order valence-electron chi connectivity index (χ1n) is 8.51. The number of hydrogen-bond donors (Lipinski definition) is 2. The quantitative estimate of drug-likeness (QED) is 0.719. The van der Waals surface area contributed by atoms with Crippen molar-refractivity contribution in [1.82, 2.24) is 34.6 Å². The lowest BCUT2D eigenvalue weighted by molar-refractivity contribution is -0.0370. The van der Waals surface area contributed by atoms with Crippen molar-refractivity contribution in [2.75, 3.05) is 32.1 Å². The van der Waals surface area contributed by atoms with Crippen LogP contribution in [0.5, 0.6) is 0 Å². The highest BCUT2D eigenvalue weighted by Gasteiger charge is 2.26. The van der Waals surface area contributed by atoms with E-state index in [4.69, 9.17) is 4.74 Å². The molecule has 4 heterocycles. The van der Waals surface area contributed by atoms with Gasteiger partial charge >= 0.3 is 0 Å². The molecule has 0 amide bonds. The molecule has 4 rings (SSSR count). The number of nitrogens with zero attached hydrogens (tertiary/aromatic N) is 6. The van der Waals surface area contributed by atoms with E-state index < -0.39 is 0 Å². The van der Waals surface area contributed by atoms with Gasteiger partial charge in [0.25, 0.3) is 0 Å². The van der Waals surface area contributed by atoms with Crippen LogP contribution in [0.25, 0.3) is 11.2 Å². The third kappa shape index (κ3) is 3.20. The van der Waals surface area contributed by atoms with E-state index >= 15 is 0 Å². The number of imidazole rings is 1. The SMILES string of the molecule is CCn1cc(CN2CCOC(c3nc(NC)c4[nH]cnc4n3)C2)cn1. The summed E-state index contributed by atoms with van der Waals surface area (Å²) >= 11 is 0. The van der Waals surface area contributed by atoms with Gasteiger partial charge in [-0.2, -0.15) is 5.10 Å². The molecule has 0 aromatic carbocycles. The molecule has 1 aliphatic heterocycles. The van der Waals surface area contributed by atoms with Crippen LogP contribution in [0.4, 0.5) is 5.82 Å². The van der Waals surface area contributed by atoms with Crippen LogP contribution in [0.1, 0.15) is 24.4 Å². The van der Waals surface area contributed by atoms with Crippen molar-refractivity contribution in [2.45, 2.75) is 26.1 Å². The number of morpholine rings is 1. The molecule has 9 heteroatoms. The molecule has 132 valence electrons. The van der Waals surface area contributed by atoms with Crippen LogP contribution in [0, 0.1) is 0 Å². The second-order valence-electron chi connectivity index (χ2n) is 6.08. The Morgan fingerprint density at radius 3 is 3.12 bits per heavy atom. The van der Waals surface area contributed by atoms with Crippen molar-refractivity contribution in [2.24, 2.45) is 0 Å². The van der Waals surface area contributed by atoms with Crippen LogP contribution in [0.15, 0.2) is 18.7 Å². The highest BCUT2D eigenvalue weighted by atomic mass is 16.5. The number of hydrogen-bond acceptors (Lipinski definition) is 7. The van der Waals surface area contributed by atoms with Gasteiger partial charge in [0.05, 0.1) is 19.1 Å². The summed E-state index contributed by atoms with van der Waals surface area (Å²) in [6, 6.07) is 0. The Labute approximate surface area is 145 Å². The van der Waals surface area contributed by atoms with Gasteiger partial charge in [-0.05, 0) is 6.92 Å². The molecule has 1 atom stereocenters. The molecule has 3 aromatic rings. The van der Waals surface area contributed by atoms with Crippen LogP contribution < -0.4 is 5.32 Å². The van der Waals surface area contributed by atoms with Crippen LogP contribution in [0.2, 0.25) is 0 Å². The Hall–Kier alpha value is -2.52. The number of aromatic nitrogens is 6. The van der Waals surface area contributed by atoms with Crippen LogP contribution in [-0.4, -0.2) is 61.4 Å². The monoisotopic (exact) mass is 342 g/mol. The summed E-state index contributed by atoms with van der Waals surface area (Å²) in [5.74, 6) is 1.40. The molecule has 0 radical (unpaired) electrons. The lowest BCUT2D eigenvalue weighted by Gasteiger charge is -2.31. The van der Waals surface area contributed by atoms with Gasteiger partial charge in [0.1, 0.15) is 11.6 Å². The maximum Gasteiger partial charge on any atom is 0.183 e. The van der Waals surface area contributed by atoms with Crippen molar-refractivity contribution in [1.29, 1.82) is 0 Å². The molecular formula is C16H22N8O. The van der Waals surface area contributed by atoms with E-state index in [0.717, 1.165) is 37.5 Å². The first-order valence-corrected chi connectivity index (χ1v) is 8.51. The highest BCUT2D eigenvalue weighted by molar-refractivity contribution is 5.82. The fourth-order valence-electron chi connectivity index (χ4n) is 3.10. The minimum Gasteiger partial charge on any atom is -0.371 e. The minimum absolute atomic E-state index is 0.164. The number of rotatable bonds is 5. The molecule has 1 aliphatic rings. The average Bonchev–Trinajstić information content (AvgIpc) is 3.30. The van der Waals surface area contributed by atoms with Gasteiger partial charge in [-0.25, -0.2) is 15.0 Å². The van der Waals surface area contributed by atoms with Gasteiger partial charge in [0, 0.05) is 45.0 Å². The topological polar surface area (TPSA) is 96.8 Å². The molecule has 1 unspecified atom stereocenters. The molecule has 1 saturated heterocycles. The summed E-state index contributed by atoms with van der Waals surface area (Å²) in [5, 5.41) is 7.44. The van der Waals surface area contributed by atoms with E-state index in [2.05, 4.69) is 48.4 Å². The van der Waals surface area contributed by atoms with Gasteiger partial charge in [-0.1, -0.05) is 0 Å². The van der Waals surface area contributed by atoms with Gasteiger partial charge in [-0.15, -0.1) is 0 Å².